The van der Waals surface area contributed by atoms with Crippen LogP contribution in [0.4, 0.5) is 10.6 Å². The van der Waals surface area contributed by atoms with Crippen molar-refractivity contribution in [3.05, 3.63) is 64.0 Å². The highest BCUT2D eigenvalue weighted by Crippen LogP contribution is 2.36. The number of nitrogens with one attached hydrogen (secondary N) is 4. The van der Waals surface area contributed by atoms with Gasteiger partial charge >= 0.3 is 11.8 Å². The van der Waals surface area contributed by atoms with E-state index >= 15 is 0 Å². The zero-order valence-corrected chi connectivity index (χ0v) is 33.1. The molecule has 0 bridgehead atoms. The van der Waals surface area contributed by atoms with Gasteiger partial charge in [-0.25, -0.2) is 9.59 Å². The molecule has 6 rings (SSSR count). The molecule has 2 aliphatic rings. The number of aryl methyl sites for hydroxylation is 3. The van der Waals surface area contributed by atoms with Crippen molar-refractivity contribution >= 4 is 34.8 Å². The number of nitrogens with zero attached hydrogens (tertiary/aromatic N) is 5. The minimum Gasteiger partial charge on any atom is -0.446 e. The summed E-state index contributed by atoms with van der Waals surface area (Å²) in [5.74, 6) is 0.0774. The standard InChI is InChI=1S/C41H59N9O6/c1-27(2)43-40(54)56-30-19-18-29(25-30)31-26-35(47-46-31)44-38(52)33-22-23-42-49(33)24-13-11-9-7-5-4-6-8-10-12-15-28-16-14-17-32-37(28)48(3)41(55)50(32)34-20-21-36(51)45-39(34)53/h14,16-17,22-23,26-27,29-30,34,38,52H,4-13,15,18-21,24-25H2,1-3H3,(H,43,54)(H2,44,46,47)(H,45,51,53)/t29-,30+,34?,38?/m0/s1. The molecule has 0 spiro atoms. The molecule has 4 aromatic rings. The molecule has 2 fully saturated rings. The maximum atomic E-state index is 13.2. The summed E-state index contributed by atoms with van der Waals surface area (Å²) in [6.07, 6.45) is 15.6. The quantitative estimate of drug-likeness (QED) is 0.0392. The lowest BCUT2D eigenvalue weighted by molar-refractivity contribution is -0.135. The van der Waals surface area contributed by atoms with Gasteiger partial charge in [0.2, 0.25) is 11.8 Å². The third-order valence-corrected chi connectivity index (χ3v) is 11.2. The van der Waals surface area contributed by atoms with Crippen molar-refractivity contribution in [1.82, 2.24) is 39.7 Å². The number of aliphatic hydroxyl groups excluding tert-OH is 1. The van der Waals surface area contributed by atoms with E-state index in [0.29, 0.717) is 17.9 Å². The maximum Gasteiger partial charge on any atom is 0.407 e. The third-order valence-electron chi connectivity index (χ3n) is 11.2. The number of imide groups is 1. The Balaban J connectivity index is 0.832. The Hall–Kier alpha value is -4.92. The van der Waals surface area contributed by atoms with E-state index in [4.69, 9.17) is 4.74 Å². The molecular weight excluding hydrogens is 715 g/mol. The molecule has 1 aliphatic carbocycles. The average Bonchev–Trinajstić information content (AvgIpc) is 3.97. The smallest absolute Gasteiger partial charge is 0.407 e. The van der Waals surface area contributed by atoms with Crippen LogP contribution in [0.3, 0.4) is 0 Å². The van der Waals surface area contributed by atoms with Gasteiger partial charge in [0.15, 0.2) is 6.23 Å². The zero-order chi connectivity index (χ0) is 39.6. The van der Waals surface area contributed by atoms with Crippen LogP contribution in [0.2, 0.25) is 0 Å². The second-order valence-corrected chi connectivity index (χ2v) is 15.8. The van der Waals surface area contributed by atoms with Gasteiger partial charge in [0.1, 0.15) is 18.0 Å². The fourth-order valence-electron chi connectivity index (χ4n) is 8.29. The number of anilines is 1. The van der Waals surface area contributed by atoms with Crippen molar-refractivity contribution in [2.24, 2.45) is 7.05 Å². The van der Waals surface area contributed by atoms with E-state index in [-0.39, 0.29) is 42.2 Å². The Bertz CT molecular complexity index is 1990. The van der Waals surface area contributed by atoms with Crippen molar-refractivity contribution in [2.45, 2.75) is 153 Å². The number of carbonyl (C=O) groups is 3. The first-order valence-electron chi connectivity index (χ1n) is 20.6. The van der Waals surface area contributed by atoms with E-state index in [1.54, 1.807) is 22.4 Å². The van der Waals surface area contributed by atoms with Crippen LogP contribution in [0.25, 0.3) is 11.0 Å². The summed E-state index contributed by atoms with van der Waals surface area (Å²) in [4.78, 5) is 49.4. The van der Waals surface area contributed by atoms with Crippen LogP contribution in [0, 0.1) is 0 Å². The number of fused-ring (bicyclic) bond motifs is 1. The van der Waals surface area contributed by atoms with Crippen molar-refractivity contribution in [1.29, 1.82) is 0 Å². The third kappa shape index (κ3) is 10.3. The Labute approximate surface area is 327 Å². The minimum absolute atomic E-state index is 0.0356. The molecular formula is C41H59N9O6. The summed E-state index contributed by atoms with van der Waals surface area (Å²) in [5, 5.41) is 31.1. The van der Waals surface area contributed by atoms with Crippen molar-refractivity contribution in [2.75, 3.05) is 5.32 Å². The highest BCUT2D eigenvalue weighted by molar-refractivity contribution is 6.00. The monoisotopic (exact) mass is 773 g/mol. The summed E-state index contributed by atoms with van der Waals surface area (Å²) >= 11 is 0. The Morgan fingerprint density at radius 1 is 0.982 bits per heavy atom. The number of piperidine rings is 1. The lowest BCUT2D eigenvalue weighted by Crippen LogP contribution is -2.44. The molecule has 4 atom stereocenters. The van der Waals surface area contributed by atoms with Crippen LogP contribution in [0.1, 0.15) is 145 Å². The highest BCUT2D eigenvalue weighted by Gasteiger charge is 2.32. The van der Waals surface area contributed by atoms with Gasteiger partial charge in [0, 0.05) is 49.9 Å². The van der Waals surface area contributed by atoms with Crippen molar-refractivity contribution < 1.29 is 24.2 Å². The fourth-order valence-corrected chi connectivity index (χ4v) is 8.29. The number of carbonyl (C=O) groups excluding carboxylic acids is 3. The Morgan fingerprint density at radius 2 is 1.71 bits per heavy atom. The number of rotatable bonds is 20. The number of aliphatic hydroxyl groups is 1. The van der Waals surface area contributed by atoms with Crippen LogP contribution in [0.15, 0.2) is 41.3 Å². The lowest BCUT2D eigenvalue weighted by atomic mass is 10.0. The van der Waals surface area contributed by atoms with Gasteiger partial charge in [-0.2, -0.15) is 10.2 Å². The molecule has 15 heteroatoms. The predicted octanol–water partition coefficient (Wildman–Crippen LogP) is 6.25. The summed E-state index contributed by atoms with van der Waals surface area (Å²) in [6.45, 7) is 4.55. The highest BCUT2D eigenvalue weighted by atomic mass is 16.6. The Morgan fingerprint density at radius 3 is 2.45 bits per heavy atom. The second-order valence-electron chi connectivity index (χ2n) is 15.8. The molecule has 4 heterocycles. The lowest BCUT2D eigenvalue weighted by Gasteiger charge is -2.21. The molecule has 304 valence electrons. The SMILES string of the molecule is CC(C)NC(=O)O[C@@H]1CC[C@H](c2cc(NC(O)c3ccnn3CCCCCCCCCCCCc3cccc4c3n(C)c(=O)n4C3CCC(=O)NC3=O)n[nH]2)C1. The molecule has 5 N–H and O–H groups in total. The van der Waals surface area contributed by atoms with Crippen LogP contribution in [-0.4, -0.2) is 64.3 Å². The average molecular weight is 774 g/mol. The number of hydrogen-bond donors (Lipinski definition) is 5. The number of aromatic amines is 1. The first-order chi connectivity index (χ1) is 27.1. The van der Waals surface area contributed by atoms with Crippen molar-refractivity contribution in [3.63, 3.8) is 0 Å². The molecule has 3 amide bonds. The molecule has 56 heavy (non-hydrogen) atoms. The molecule has 15 nitrogen and oxygen atoms in total. The molecule has 1 aromatic carbocycles. The summed E-state index contributed by atoms with van der Waals surface area (Å²) < 4.78 is 10.6. The van der Waals surface area contributed by atoms with Crippen LogP contribution < -0.4 is 21.6 Å². The number of ether oxygens (including phenoxy) is 1. The van der Waals surface area contributed by atoms with Gasteiger partial charge in [-0.3, -0.25) is 33.8 Å². The first kappa shape index (κ1) is 40.7. The molecule has 0 radical (unpaired) electrons. The van der Waals surface area contributed by atoms with Gasteiger partial charge in [-0.05, 0) is 76.5 Å². The predicted molar refractivity (Wildman–Crippen MR) is 213 cm³/mol. The normalized spacial score (nSPS) is 19.1. The van der Waals surface area contributed by atoms with Crippen molar-refractivity contribution in [3.8, 4) is 0 Å². The number of H-pyrrole nitrogens is 1. The van der Waals surface area contributed by atoms with Gasteiger partial charge in [-0.1, -0.05) is 63.5 Å². The summed E-state index contributed by atoms with van der Waals surface area (Å²) in [7, 11) is 1.76. The number of unbranched alkanes of at least 4 members (excludes halogenated alkanes) is 9. The van der Waals surface area contributed by atoms with E-state index in [2.05, 4.69) is 37.3 Å². The zero-order valence-electron chi connectivity index (χ0n) is 33.1. The number of hydrogen-bond acceptors (Lipinski definition) is 9. The minimum atomic E-state index is -0.942. The van der Waals surface area contributed by atoms with Crippen LogP contribution in [0.5, 0.6) is 0 Å². The van der Waals surface area contributed by atoms with Gasteiger partial charge in [0.05, 0.1) is 16.7 Å². The van der Waals surface area contributed by atoms with E-state index in [1.165, 1.54) is 38.5 Å². The Kier molecular flexibility index (Phi) is 14.0. The topological polar surface area (TPSA) is 190 Å². The first-order valence-corrected chi connectivity index (χ1v) is 20.6. The number of aromatic nitrogens is 6. The molecule has 1 aliphatic heterocycles. The molecule has 2 unspecified atom stereocenters. The van der Waals surface area contributed by atoms with E-state index in [9.17, 15) is 24.3 Å². The number of para-hydroxylation sites is 1. The largest absolute Gasteiger partial charge is 0.446 e. The molecule has 1 saturated carbocycles. The van der Waals surface area contributed by atoms with Gasteiger partial charge in [-0.15, -0.1) is 0 Å². The maximum absolute atomic E-state index is 13.2. The number of benzene rings is 1. The second kappa shape index (κ2) is 19.3. The summed E-state index contributed by atoms with van der Waals surface area (Å²) in [5.41, 5.74) is 4.18. The fraction of sp³-hybridized carbons (Fsp3) is 0.610. The number of alkyl carbamates (subject to hydrolysis) is 1. The number of amides is 3. The van der Waals surface area contributed by atoms with Gasteiger partial charge < -0.3 is 20.5 Å². The molecule has 3 aromatic heterocycles. The van der Waals surface area contributed by atoms with E-state index in [1.807, 2.05) is 42.8 Å². The van der Waals surface area contributed by atoms with E-state index in [0.717, 1.165) is 80.2 Å². The van der Waals surface area contributed by atoms with E-state index < -0.39 is 18.2 Å². The van der Waals surface area contributed by atoms with Crippen LogP contribution >= 0.6 is 0 Å². The number of imidazole rings is 1. The van der Waals surface area contributed by atoms with Crippen LogP contribution in [-0.2, 0) is 34.3 Å². The summed E-state index contributed by atoms with van der Waals surface area (Å²) in [6, 6.07) is 9.03. The van der Waals surface area contributed by atoms with Gasteiger partial charge in [0.25, 0.3) is 0 Å². The molecule has 1 saturated heterocycles.